The van der Waals surface area contributed by atoms with Crippen LogP contribution in [0.3, 0.4) is 0 Å². The second kappa shape index (κ2) is 11.3. The van der Waals surface area contributed by atoms with Gasteiger partial charge < -0.3 is 15.5 Å². The zero-order chi connectivity index (χ0) is 25.9. The summed E-state index contributed by atoms with van der Waals surface area (Å²) in [5, 5.41) is 7.56. The lowest BCUT2D eigenvalue weighted by molar-refractivity contribution is -0.138. The molecule has 1 aromatic rings. The highest BCUT2D eigenvalue weighted by Gasteiger charge is 2.33. The first-order valence-corrected chi connectivity index (χ1v) is 14.6. The summed E-state index contributed by atoms with van der Waals surface area (Å²) in [7, 11) is -3.51. The number of nitrogens with two attached hydrogens (primary N) is 1. The minimum absolute atomic E-state index is 0.0141. The molecule has 2 aliphatic rings. The Bertz CT molecular complexity index is 1020. The van der Waals surface area contributed by atoms with Crippen LogP contribution in [0.15, 0.2) is 17.0 Å². The molecule has 3 N–H and O–H groups in total. The van der Waals surface area contributed by atoms with Gasteiger partial charge in [0.25, 0.3) is 0 Å². The number of amides is 1. The van der Waals surface area contributed by atoms with Crippen molar-refractivity contribution in [3.05, 3.63) is 28.8 Å². The van der Waals surface area contributed by atoms with Crippen LogP contribution in [0.1, 0.15) is 76.0 Å². The van der Waals surface area contributed by atoms with Crippen LogP contribution in [-0.2, 0) is 21.1 Å². The number of guanidine groups is 1. The smallest absolute Gasteiger partial charge is 0.225 e. The molecule has 2 aliphatic heterocycles. The highest BCUT2D eigenvalue weighted by molar-refractivity contribution is 7.91. The summed E-state index contributed by atoms with van der Waals surface area (Å²) in [5.41, 5.74) is 8.57. The van der Waals surface area contributed by atoms with Gasteiger partial charge in [-0.15, -0.1) is 0 Å². The summed E-state index contributed by atoms with van der Waals surface area (Å²) >= 11 is 0. The second-order valence-corrected chi connectivity index (χ2v) is 12.5. The molecule has 0 atom stereocenters. The molecule has 2 fully saturated rings. The number of nitrogens with zero attached hydrogens (tertiary/aromatic N) is 3. The normalized spacial score (nSPS) is 18.5. The SMILES string of the molecule is CCc1cc(C(C)C)cc(C(C)C)c1S(=O)(=O)CN1CCN(C(=O)C2CCN(C(=N)N)CC2)CC1. The van der Waals surface area contributed by atoms with Gasteiger partial charge in [0.1, 0.15) is 5.88 Å². The van der Waals surface area contributed by atoms with Crippen molar-refractivity contribution >= 4 is 21.7 Å². The number of benzene rings is 1. The van der Waals surface area contributed by atoms with Gasteiger partial charge >= 0.3 is 0 Å². The molecule has 9 heteroatoms. The monoisotopic (exact) mass is 505 g/mol. The number of rotatable bonds is 7. The lowest BCUT2D eigenvalue weighted by Gasteiger charge is -2.38. The molecule has 1 amide bonds. The average Bonchev–Trinajstić information content (AvgIpc) is 2.82. The van der Waals surface area contributed by atoms with Gasteiger partial charge in [-0.2, -0.15) is 0 Å². The first-order valence-electron chi connectivity index (χ1n) is 12.9. The Balaban J connectivity index is 1.67. The van der Waals surface area contributed by atoms with Crippen molar-refractivity contribution in [3.63, 3.8) is 0 Å². The van der Waals surface area contributed by atoms with E-state index >= 15 is 0 Å². The summed E-state index contributed by atoms with van der Waals surface area (Å²) < 4.78 is 27.4. The second-order valence-electron chi connectivity index (χ2n) is 10.6. The standard InChI is InChI=1S/C26H43N5O3S/c1-6-20-15-22(18(2)3)16-23(19(4)5)24(20)35(33,34)17-29-11-13-30(14-12-29)25(32)21-7-9-31(10-8-21)26(27)28/h15-16,18-19,21H,6-14,17H2,1-5H3,(H3,27,28). The van der Waals surface area contributed by atoms with Crippen LogP contribution in [0.5, 0.6) is 0 Å². The van der Waals surface area contributed by atoms with Gasteiger partial charge in [0, 0.05) is 45.2 Å². The van der Waals surface area contributed by atoms with E-state index in [0.29, 0.717) is 69.3 Å². The van der Waals surface area contributed by atoms with Crippen LogP contribution in [0.2, 0.25) is 0 Å². The molecule has 0 aromatic heterocycles. The zero-order valence-corrected chi connectivity index (χ0v) is 22.8. The van der Waals surface area contributed by atoms with Crippen LogP contribution < -0.4 is 5.73 Å². The van der Waals surface area contributed by atoms with E-state index in [0.717, 1.165) is 11.1 Å². The molecule has 0 unspecified atom stereocenters. The van der Waals surface area contributed by atoms with E-state index in [-0.39, 0.29) is 29.6 Å². The molecule has 35 heavy (non-hydrogen) atoms. The van der Waals surface area contributed by atoms with Crippen molar-refractivity contribution in [2.24, 2.45) is 11.7 Å². The van der Waals surface area contributed by atoms with Crippen molar-refractivity contribution in [1.29, 1.82) is 5.41 Å². The van der Waals surface area contributed by atoms with E-state index in [1.165, 1.54) is 5.56 Å². The fourth-order valence-corrected chi connectivity index (χ4v) is 7.30. The minimum Gasteiger partial charge on any atom is -0.370 e. The molecule has 0 radical (unpaired) electrons. The van der Waals surface area contributed by atoms with E-state index in [1.54, 1.807) is 4.90 Å². The molecular weight excluding hydrogens is 462 g/mol. The van der Waals surface area contributed by atoms with Gasteiger partial charge in [-0.3, -0.25) is 15.1 Å². The van der Waals surface area contributed by atoms with E-state index in [9.17, 15) is 13.2 Å². The number of sulfone groups is 1. The van der Waals surface area contributed by atoms with E-state index < -0.39 is 9.84 Å². The Labute approximate surface area is 211 Å². The molecule has 8 nitrogen and oxygen atoms in total. The maximum atomic E-state index is 13.7. The van der Waals surface area contributed by atoms with Crippen molar-refractivity contribution in [2.75, 3.05) is 45.1 Å². The third kappa shape index (κ3) is 6.36. The fourth-order valence-electron chi connectivity index (χ4n) is 5.17. The molecule has 3 rings (SSSR count). The van der Waals surface area contributed by atoms with Crippen LogP contribution in [0.4, 0.5) is 0 Å². The third-order valence-electron chi connectivity index (χ3n) is 7.42. The Morgan fingerprint density at radius 2 is 1.60 bits per heavy atom. The fraction of sp³-hybridized carbons (Fsp3) is 0.692. The van der Waals surface area contributed by atoms with Crippen LogP contribution >= 0.6 is 0 Å². The predicted octanol–water partition coefficient (Wildman–Crippen LogP) is 2.98. The van der Waals surface area contributed by atoms with Crippen LogP contribution in [0, 0.1) is 11.3 Å². The molecule has 0 aliphatic carbocycles. The molecule has 2 saturated heterocycles. The van der Waals surface area contributed by atoms with Crippen LogP contribution in [-0.4, -0.2) is 80.1 Å². The van der Waals surface area contributed by atoms with Gasteiger partial charge in [-0.1, -0.05) is 46.8 Å². The van der Waals surface area contributed by atoms with Gasteiger partial charge in [0.15, 0.2) is 15.8 Å². The maximum absolute atomic E-state index is 13.7. The highest BCUT2D eigenvalue weighted by atomic mass is 32.2. The van der Waals surface area contributed by atoms with E-state index in [4.69, 9.17) is 11.1 Å². The summed E-state index contributed by atoms with van der Waals surface area (Å²) in [6.45, 7) is 13.9. The van der Waals surface area contributed by atoms with Crippen molar-refractivity contribution in [1.82, 2.24) is 14.7 Å². The molecule has 0 saturated carbocycles. The summed E-state index contributed by atoms with van der Waals surface area (Å²) in [4.78, 5) is 19.2. The number of carbonyl (C=O) groups is 1. The Kier molecular flexibility index (Phi) is 8.86. The van der Waals surface area contributed by atoms with Gasteiger partial charge in [-0.25, -0.2) is 8.42 Å². The highest BCUT2D eigenvalue weighted by Crippen LogP contribution is 2.33. The Hall–Kier alpha value is -2.13. The van der Waals surface area contributed by atoms with Crippen molar-refractivity contribution in [2.45, 2.75) is 70.6 Å². The number of hydrogen-bond donors (Lipinski definition) is 2. The van der Waals surface area contributed by atoms with E-state index in [2.05, 4.69) is 39.8 Å². The first kappa shape index (κ1) is 27.5. The lowest BCUT2D eigenvalue weighted by Crippen LogP contribution is -2.53. The molecule has 1 aromatic carbocycles. The molecule has 2 heterocycles. The number of hydrogen-bond acceptors (Lipinski definition) is 5. The largest absolute Gasteiger partial charge is 0.370 e. The number of likely N-dealkylation sites (tertiary alicyclic amines) is 1. The number of carbonyl (C=O) groups excluding carboxylic acids is 1. The molecule has 0 bridgehead atoms. The van der Waals surface area contributed by atoms with Gasteiger partial charge in [-0.05, 0) is 47.8 Å². The number of aryl methyl sites for hydroxylation is 1. The summed E-state index contributed by atoms with van der Waals surface area (Å²) in [6, 6.07) is 4.15. The lowest BCUT2D eigenvalue weighted by atomic mass is 9.92. The predicted molar refractivity (Wildman–Crippen MR) is 140 cm³/mol. The summed E-state index contributed by atoms with van der Waals surface area (Å²) in [6.07, 6.45) is 2.09. The maximum Gasteiger partial charge on any atom is 0.225 e. The van der Waals surface area contributed by atoms with Gasteiger partial charge in [0.2, 0.25) is 5.91 Å². The number of nitrogens with one attached hydrogen (secondary N) is 1. The average molecular weight is 506 g/mol. The van der Waals surface area contributed by atoms with Gasteiger partial charge in [0.05, 0.1) is 4.90 Å². The first-order chi connectivity index (χ1) is 16.4. The quantitative estimate of drug-likeness (QED) is 0.435. The van der Waals surface area contributed by atoms with Crippen molar-refractivity contribution < 1.29 is 13.2 Å². The number of piperidine rings is 1. The molecular formula is C26H43N5O3S. The molecule has 196 valence electrons. The Morgan fingerprint density at radius 1 is 1.00 bits per heavy atom. The third-order valence-corrected chi connectivity index (χ3v) is 9.24. The minimum atomic E-state index is -3.51. The van der Waals surface area contributed by atoms with Crippen LogP contribution in [0.25, 0.3) is 0 Å². The van der Waals surface area contributed by atoms with Crippen molar-refractivity contribution in [3.8, 4) is 0 Å². The molecule has 0 spiro atoms. The summed E-state index contributed by atoms with van der Waals surface area (Å²) in [5.74, 6) is 0.620. The zero-order valence-electron chi connectivity index (χ0n) is 22.0. The number of piperazine rings is 1. The Morgan fingerprint density at radius 3 is 2.09 bits per heavy atom. The van der Waals surface area contributed by atoms with E-state index in [1.807, 2.05) is 16.7 Å². The topological polar surface area (TPSA) is 111 Å².